The molecule has 5 nitrogen and oxygen atoms in total. The average Bonchev–Trinajstić information content (AvgIpc) is 2.25. The van der Waals surface area contributed by atoms with Gasteiger partial charge in [-0.25, -0.2) is 0 Å². The van der Waals surface area contributed by atoms with Gasteiger partial charge >= 0.3 is 11.9 Å². The van der Waals surface area contributed by atoms with Crippen LogP contribution in [0.25, 0.3) is 0 Å². The molecule has 0 saturated heterocycles. The summed E-state index contributed by atoms with van der Waals surface area (Å²) >= 11 is 1.38. The van der Waals surface area contributed by atoms with Gasteiger partial charge in [0.05, 0.1) is 12.5 Å². The maximum absolute atomic E-state index is 11.6. The first-order valence-corrected chi connectivity index (χ1v) is 6.57. The molecule has 0 bridgehead atoms. The molecule has 0 amide bonds. The van der Waals surface area contributed by atoms with Crippen LogP contribution in [0.15, 0.2) is 0 Å². The van der Waals surface area contributed by atoms with E-state index in [4.69, 9.17) is 15.6 Å². The number of thioether (sulfide) groups is 1. The number of aliphatic carboxylic acids is 1. The standard InChI is InChI=1S/C10H19NO4S/c1-3-4-5-15-10(14)7(6-16-2)8(11)9(12)13/h7-8H,3-6,11H2,1-2H3,(H,12,13)/t7?,8-/m0/s1. The fourth-order valence-corrected chi connectivity index (χ4v) is 1.80. The molecular formula is C10H19NO4S. The Morgan fingerprint density at radius 3 is 2.56 bits per heavy atom. The van der Waals surface area contributed by atoms with E-state index in [0.717, 1.165) is 12.8 Å². The van der Waals surface area contributed by atoms with E-state index in [1.165, 1.54) is 11.8 Å². The van der Waals surface area contributed by atoms with Crippen LogP contribution in [0.1, 0.15) is 19.8 Å². The molecule has 0 fully saturated rings. The van der Waals surface area contributed by atoms with Gasteiger partial charge in [0.1, 0.15) is 6.04 Å². The van der Waals surface area contributed by atoms with E-state index in [1.54, 1.807) is 6.26 Å². The molecule has 1 unspecified atom stereocenters. The normalized spacial score (nSPS) is 14.2. The third-order valence-corrected chi connectivity index (χ3v) is 2.80. The van der Waals surface area contributed by atoms with Crippen molar-refractivity contribution in [1.82, 2.24) is 0 Å². The molecule has 16 heavy (non-hydrogen) atoms. The lowest BCUT2D eigenvalue weighted by Crippen LogP contribution is -2.44. The SMILES string of the molecule is CCCCOC(=O)C(CSC)[C@H](N)C(=O)O. The van der Waals surface area contributed by atoms with Crippen molar-refractivity contribution < 1.29 is 19.4 Å². The maximum Gasteiger partial charge on any atom is 0.321 e. The summed E-state index contributed by atoms with van der Waals surface area (Å²) in [6.07, 6.45) is 3.49. The highest BCUT2D eigenvalue weighted by Gasteiger charge is 2.31. The topological polar surface area (TPSA) is 89.6 Å². The molecule has 6 heteroatoms. The monoisotopic (exact) mass is 249 g/mol. The number of unbranched alkanes of at least 4 members (excludes halogenated alkanes) is 1. The van der Waals surface area contributed by atoms with Gasteiger partial charge in [0.2, 0.25) is 0 Å². The third-order valence-electron chi connectivity index (χ3n) is 2.11. The molecular weight excluding hydrogens is 230 g/mol. The van der Waals surface area contributed by atoms with Gasteiger partial charge in [-0.15, -0.1) is 0 Å². The summed E-state index contributed by atoms with van der Waals surface area (Å²) in [4.78, 5) is 22.3. The molecule has 0 radical (unpaired) electrons. The second-order valence-corrected chi connectivity index (χ2v) is 4.36. The summed E-state index contributed by atoms with van der Waals surface area (Å²) in [5, 5.41) is 8.76. The molecule has 0 heterocycles. The summed E-state index contributed by atoms with van der Waals surface area (Å²) in [6, 6.07) is -1.19. The van der Waals surface area contributed by atoms with E-state index in [1.807, 2.05) is 6.92 Å². The Morgan fingerprint density at radius 1 is 1.50 bits per heavy atom. The predicted molar refractivity (Wildman–Crippen MR) is 63.4 cm³/mol. The molecule has 0 aliphatic heterocycles. The third kappa shape index (κ3) is 5.37. The fraction of sp³-hybridized carbons (Fsp3) is 0.800. The van der Waals surface area contributed by atoms with Gasteiger partial charge in [0, 0.05) is 5.75 Å². The van der Waals surface area contributed by atoms with Crippen LogP contribution in [-0.2, 0) is 14.3 Å². The van der Waals surface area contributed by atoms with E-state index < -0.39 is 23.9 Å². The van der Waals surface area contributed by atoms with Crippen LogP contribution >= 0.6 is 11.8 Å². The van der Waals surface area contributed by atoms with Crippen LogP contribution in [0.2, 0.25) is 0 Å². The second kappa shape index (κ2) is 8.41. The number of carbonyl (C=O) groups excluding carboxylic acids is 1. The summed E-state index contributed by atoms with van der Waals surface area (Å²) in [7, 11) is 0. The second-order valence-electron chi connectivity index (χ2n) is 3.45. The first-order chi connectivity index (χ1) is 7.54. The van der Waals surface area contributed by atoms with Crippen molar-refractivity contribution in [2.24, 2.45) is 11.7 Å². The molecule has 0 aromatic rings. The van der Waals surface area contributed by atoms with Crippen molar-refractivity contribution in [2.75, 3.05) is 18.6 Å². The van der Waals surface area contributed by atoms with E-state index in [-0.39, 0.29) is 0 Å². The maximum atomic E-state index is 11.6. The van der Waals surface area contributed by atoms with Crippen molar-refractivity contribution in [2.45, 2.75) is 25.8 Å². The highest BCUT2D eigenvalue weighted by atomic mass is 32.2. The zero-order chi connectivity index (χ0) is 12.6. The number of carboxylic acid groups (broad SMARTS) is 1. The van der Waals surface area contributed by atoms with Crippen LogP contribution < -0.4 is 5.73 Å². The Hall–Kier alpha value is -0.750. The number of carbonyl (C=O) groups is 2. The molecule has 0 aromatic carbocycles. The molecule has 0 aliphatic rings. The molecule has 2 atom stereocenters. The van der Waals surface area contributed by atoms with Crippen LogP contribution in [0.3, 0.4) is 0 Å². The Balaban J connectivity index is 4.28. The van der Waals surface area contributed by atoms with Crippen LogP contribution in [0, 0.1) is 5.92 Å². The van der Waals surface area contributed by atoms with Gasteiger partial charge in [0.15, 0.2) is 0 Å². The molecule has 0 aromatic heterocycles. The lowest BCUT2D eigenvalue weighted by molar-refractivity contribution is -0.153. The van der Waals surface area contributed by atoms with Gasteiger partial charge in [-0.3, -0.25) is 9.59 Å². The van der Waals surface area contributed by atoms with Crippen molar-refractivity contribution >= 4 is 23.7 Å². The minimum absolute atomic E-state index is 0.326. The number of ether oxygens (including phenoxy) is 1. The van der Waals surface area contributed by atoms with Crippen LogP contribution in [0.5, 0.6) is 0 Å². The molecule has 0 rings (SSSR count). The highest BCUT2D eigenvalue weighted by Crippen LogP contribution is 2.12. The summed E-state index contributed by atoms with van der Waals surface area (Å²) in [5.74, 6) is -2.10. The van der Waals surface area contributed by atoms with Gasteiger partial charge in [-0.2, -0.15) is 11.8 Å². The summed E-state index contributed by atoms with van der Waals surface area (Å²) in [6.45, 7) is 2.31. The minimum atomic E-state index is -1.19. The number of carboxylic acids is 1. The number of esters is 1. The van der Waals surface area contributed by atoms with E-state index in [0.29, 0.717) is 12.4 Å². The Kier molecular flexibility index (Phi) is 8.01. The van der Waals surface area contributed by atoms with Gasteiger partial charge < -0.3 is 15.6 Å². The first kappa shape index (κ1) is 15.2. The van der Waals surface area contributed by atoms with Crippen molar-refractivity contribution in [3.05, 3.63) is 0 Å². The van der Waals surface area contributed by atoms with Crippen LogP contribution in [-0.4, -0.2) is 41.7 Å². The number of hydrogen-bond acceptors (Lipinski definition) is 5. The van der Waals surface area contributed by atoms with Crippen molar-refractivity contribution in [1.29, 1.82) is 0 Å². The number of rotatable bonds is 8. The predicted octanol–water partition coefficient (Wildman–Crippen LogP) is 0.721. The summed E-state index contributed by atoms with van der Waals surface area (Å²) < 4.78 is 4.97. The molecule has 0 spiro atoms. The van der Waals surface area contributed by atoms with E-state index >= 15 is 0 Å². The first-order valence-electron chi connectivity index (χ1n) is 5.18. The Bertz CT molecular complexity index is 235. The molecule has 0 aliphatic carbocycles. The smallest absolute Gasteiger partial charge is 0.321 e. The largest absolute Gasteiger partial charge is 0.480 e. The van der Waals surface area contributed by atoms with E-state index in [2.05, 4.69) is 0 Å². The zero-order valence-electron chi connectivity index (χ0n) is 9.64. The van der Waals surface area contributed by atoms with Crippen LogP contribution in [0.4, 0.5) is 0 Å². The minimum Gasteiger partial charge on any atom is -0.480 e. The Morgan fingerprint density at radius 2 is 2.12 bits per heavy atom. The fourth-order valence-electron chi connectivity index (χ4n) is 1.09. The van der Waals surface area contributed by atoms with Gasteiger partial charge in [-0.1, -0.05) is 13.3 Å². The van der Waals surface area contributed by atoms with Gasteiger partial charge in [0.25, 0.3) is 0 Å². The number of hydrogen-bond donors (Lipinski definition) is 2. The van der Waals surface area contributed by atoms with Crippen molar-refractivity contribution in [3.63, 3.8) is 0 Å². The lowest BCUT2D eigenvalue weighted by atomic mass is 10.0. The highest BCUT2D eigenvalue weighted by molar-refractivity contribution is 7.98. The lowest BCUT2D eigenvalue weighted by Gasteiger charge is -2.18. The quantitative estimate of drug-likeness (QED) is 0.486. The summed E-state index contributed by atoms with van der Waals surface area (Å²) in [5.41, 5.74) is 5.44. The molecule has 94 valence electrons. The van der Waals surface area contributed by atoms with Gasteiger partial charge in [-0.05, 0) is 12.7 Å². The average molecular weight is 249 g/mol. The zero-order valence-corrected chi connectivity index (χ0v) is 10.5. The Labute approximate surface area is 99.7 Å². The number of nitrogens with two attached hydrogens (primary N) is 1. The molecule has 3 N–H and O–H groups in total. The molecule has 0 saturated carbocycles. The van der Waals surface area contributed by atoms with E-state index in [9.17, 15) is 9.59 Å². The van der Waals surface area contributed by atoms with Crippen molar-refractivity contribution in [3.8, 4) is 0 Å².